The van der Waals surface area contributed by atoms with Gasteiger partial charge in [0, 0.05) is 0 Å². The number of rotatable bonds is 13. The maximum Gasteiger partial charge on any atom is 0.313 e. The predicted octanol–water partition coefficient (Wildman–Crippen LogP) is 10.2. The van der Waals surface area contributed by atoms with E-state index in [1.807, 2.05) is 0 Å². The van der Waals surface area contributed by atoms with Gasteiger partial charge in [-0.2, -0.15) is 0 Å². The highest BCUT2D eigenvalue weighted by Gasteiger charge is 2.48. The molecule has 4 fully saturated rings. The third-order valence-corrected chi connectivity index (χ3v) is 11.6. The zero-order valence-corrected chi connectivity index (χ0v) is 27.6. The smallest absolute Gasteiger partial charge is 0.313 e. The molecule has 2 unspecified atom stereocenters. The van der Waals surface area contributed by atoms with Crippen LogP contribution in [-0.4, -0.2) is 39.1 Å². The molecule has 0 spiro atoms. The van der Waals surface area contributed by atoms with E-state index in [1.165, 1.54) is 128 Å². The van der Waals surface area contributed by atoms with Gasteiger partial charge < -0.3 is 14.0 Å². The summed E-state index contributed by atoms with van der Waals surface area (Å²) in [5.41, 5.74) is 0. The lowest BCUT2D eigenvalue weighted by atomic mass is 9.41. The van der Waals surface area contributed by atoms with Crippen LogP contribution < -0.4 is 0 Å². The summed E-state index contributed by atoms with van der Waals surface area (Å²) in [6.07, 6.45) is 25.9. The molecule has 0 amide bonds. The van der Waals surface area contributed by atoms with Gasteiger partial charge in [-0.05, 0) is 35.1 Å². The summed E-state index contributed by atoms with van der Waals surface area (Å²) >= 11 is 0. The minimum atomic E-state index is -0.385. The summed E-state index contributed by atoms with van der Waals surface area (Å²) in [6.45, 7) is 9.56. The average Bonchev–Trinajstić information content (AvgIpc) is 3.01. The molecule has 0 aromatic rings. The lowest BCUT2D eigenvalue weighted by Gasteiger charge is -2.44. The van der Waals surface area contributed by atoms with Crippen molar-refractivity contribution in [2.45, 2.75) is 192 Å². The largest absolute Gasteiger partial charge is 0.469 e. The molecule has 0 aliphatic heterocycles. The number of ether oxygens (including phenoxy) is 1. The maximum atomic E-state index is 13.9. The molecule has 0 aromatic heterocycles. The van der Waals surface area contributed by atoms with Crippen molar-refractivity contribution < 1.29 is 18.8 Å². The second-order valence-corrected chi connectivity index (χ2v) is 15.3. The third-order valence-electron chi connectivity index (χ3n) is 11.6. The summed E-state index contributed by atoms with van der Waals surface area (Å²) in [5.74, 6) is 2.44. The second-order valence-electron chi connectivity index (χ2n) is 15.3. The predicted molar refractivity (Wildman–Crippen MR) is 174 cm³/mol. The van der Waals surface area contributed by atoms with Crippen molar-refractivity contribution in [3.05, 3.63) is 0 Å². The zero-order valence-electron chi connectivity index (χ0n) is 27.6. The molecule has 4 nitrogen and oxygen atoms in total. The first kappa shape index (κ1) is 33.4. The fourth-order valence-corrected chi connectivity index (χ4v) is 9.33. The maximum absolute atomic E-state index is 13.9. The van der Waals surface area contributed by atoms with Crippen LogP contribution in [0.4, 0.5) is 0 Å². The fourth-order valence-electron chi connectivity index (χ4n) is 9.33. The van der Waals surface area contributed by atoms with E-state index in [0.29, 0.717) is 23.3 Å². The van der Waals surface area contributed by atoms with Crippen LogP contribution >= 0.6 is 0 Å². The van der Waals surface area contributed by atoms with Crippen LogP contribution in [0.3, 0.4) is 0 Å². The van der Waals surface area contributed by atoms with Crippen LogP contribution in [0.2, 0.25) is 23.3 Å². The van der Waals surface area contributed by atoms with Crippen molar-refractivity contribution in [2.24, 2.45) is 17.8 Å². The molecule has 234 valence electrons. The van der Waals surface area contributed by atoms with Gasteiger partial charge in [0.25, 0.3) is 13.8 Å². The van der Waals surface area contributed by atoms with Crippen LogP contribution in [-0.2, 0) is 18.8 Å². The van der Waals surface area contributed by atoms with Crippen molar-refractivity contribution in [2.75, 3.05) is 7.11 Å². The van der Waals surface area contributed by atoms with Crippen LogP contribution in [0.25, 0.3) is 0 Å². The Kier molecular flexibility index (Phi) is 14.0. The van der Waals surface area contributed by atoms with E-state index < -0.39 is 0 Å². The SMILES string of the molecule is COC(=O)C(C(OB(C1CCCCC1)C1CCCCC1)C(C)C)C(OB(C1CCCCC1)C1CCCCC1)C(C)C. The molecule has 4 aliphatic carbocycles. The highest BCUT2D eigenvalue weighted by atomic mass is 16.5. The molecule has 4 rings (SSSR count). The average molecular weight is 571 g/mol. The monoisotopic (exact) mass is 570 g/mol. The molecule has 41 heavy (non-hydrogen) atoms. The number of hydrogen-bond donors (Lipinski definition) is 0. The molecule has 0 heterocycles. The molecule has 2 atom stereocenters. The van der Waals surface area contributed by atoms with Crippen molar-refractivity contribution in [3.8, 4) is 0 Å². The molecule has 0 saturated heterocycles. The van der Waals surface area contributed by atoms with E-state index in [-0.39, 0.29) is 49.8 Å². The van der Waals surface area contributed by atoms with Gasteiger partial charge in [-0.25, -0.2) is 0 Å². The van der Waals surface area contributed by atoms with Gasteiger partial charge in [0.05, 0.1) is 19.3 Å². The quantitative estimate of drug-likeness (QED) is 0.163. The molecule has 4 aliphatic rings. The molecular weight excluding hydrogens is 506 g/mol. The van der Waals surface area contributed by atoms with Crippen molar-refractivity contribution in [1.29, 1.82) is 0 Å². The Morgan fingerprint density at radius 3 is 1.00 bits per heavy atom. The van der Waals surface area contributed by atoms with Gasteiger partial charge >= 0.3 is 5.97 Å². The van der Waals surface area contributed by atoms with Crippen molar-refractivity contribution in [1.82, 2.24) is 0 Å². The number of carbonyl (C=O) groups excluding carboxylic acids is 1. The Balaban J connectivity index is 1.63. The van der Waals surface area contributed by atoms with E-state index in [1.54, 1.807) is 7.11 Å². The molecule has 0 N–H and O–H groups in total. The first-order valence-corrected chi connectivity index (χ1v) is 18.3. The van der Waals surface area contributed by atoms with E-state index in [2.05, 4.69) is 27.7 Å². The lowest BCUT2D eigenvalue weighted by Crippen LogP contribution is -2.52. The van der Waals surface area contributed by atoms with E-state index in [9.17, 15) is 4.79 Å². The highest BCUT2D eigenvalue weighted by molar-refractivity contribution is 6.56. The minimum Gasteiger partial charge on any atom is -0.469 e. The third kappa shape index (κ3) is 9.26. The molecule has 6 heteroatoms. The summed E-state index contributed by atoms with van der Waals surface area (Å²) in [6, 6.07) is 0. The number of carbonyl (C=O) groups is 1. The summed E-state index contributed by atoms with van der Waals surface area (Å²) in [7, 11) is 1.57. The number of methoxy groups -OCH3 is 1. The topological polar surface area (TPSA) is 44.8 Å². The molecule has 0 radical (unpaired) electrons. The molecular formula is C35H64B2O4. The van der Waals surface area contributed by atoms with Gasteiger partial charge in [-0.3, -0.25) is 4.79 Å². The van der Waals surface area contributed by atoms with Crippen molar-refractivity contribution in [3.63, 3.8) is 0 Å². The lowest BCUT2D eigenvalue weighted by molar-refractivity contribution is -0.157. The molecule has 0 aromatic carbocycles. The first-order valence-electron chi connectivity index (χ1n) is 18.3. The fraction of sp³-hybridized carbons (Fsp3) is 0.971. The number of hydrogen-bond acceptors (Lipinski definition) is 4. The van der Waals surface area contributed by atoms with Gasteiger partial charge in [-0.1, -0.05) is 156 Å². The van der Waals surface area contributed by atoms with Crippen LogP contribution in [0.5, 0.6) is 0 Å². The van der Waals surface area contributed by atoms with E-state index >= 15 is 0 Å². The Bertz CT molecular complexity index is 646. The van der Waals surface area contributed by atoms with Crippen LogP contribution in [0, 0.1) is 17.8 Å². The van der Waals surface area contributed by atoms with Gasteiger partial charge in [-0.15, -0.1) is 0 Å². The van der Waals surface area contributed by atoms with Crippen LogP contribution in [0.15, 0.2) is 0 Å². The van der Waals surface area contributed by atoms with Gasteiger partial charge in [0.2, 0.25) is 0 Å². The number of esters is 1. The first-order chi connectivity index (χ1) is 19.9. The summed E-state index contributed by atoms with van der Waals surface area (Å²) < 4.78 is 20.4. The Morgan fingerprint density at radius 1 is 0.512 bits per heavy atom. The Morgan fingerprint density at radius 2 is 0.780 bits per heavy atom. The van der Waals surface area contributed by atoms with E-state index in [4.69, 9.17) is 14.0 Å². The van der Waals surface area contributed by atoms with Gasteiger partial charge in [0.15, 0.2) is 0 Å². The standard InChI is InChI=1S/C35H64B2O4/c1-26(2)33(40-36(28-18-10-6-11-19-28)29-20-12-7-13-21-29)32(35(38)39-5)34(27(3)4)41-37(30-22-14-8-15-23-30)31-24-16-9-17-25-31/h26-34H,6-25H2,1-5H3. The summed E-state index contributed by atoms with van der Waals surface area (Å²) in [5, 5.41) is 0. The summed E-state index contributed by atoms with van der Waals surface area (Å²) in [4.78, 5) is 13.9. The molecule has 0 bridgehead atoms. The Labute approximate surface area is 254 Å². The van der Waals surface area contributed by atoms with Gasteiger partial charge in [0.1, 0.15) is 5.92 Å². The van der Waals surface area contributed by atoms with E-state index in [0.717, 1.165) is 0 Å². The van der Waals surface area contributed by atoms with Crippen LogP contribution in [0.1, 0.15) is 156 Å². The minimum absolute atomic E-state index is 0.125. The molecule has 4 saturated carbocycles. The van der Waals surface area contributed by atoms with Crippen molar-refractivity contribution >= 4 is 19.8 Å². The second kappa shape index (κ2) is 17.1. The zero-order chi connectivity index (χ0) is 29.2. The highest BCUT2D eigenvalue weighted by Crippen LogP contribution is 2.46. The Hall–Kier alpha value is -0.480. The normalized spacial score (nSPS) is 24.8.